The van der Waals surface area contributed by atoms with Crippen molar-refractivity contribution in [2.45, 2.75) is 44.2 Å². The Kier molecular flexibility index (Phi) is 6.84. The second-order valence-electron chi connectivity index (χ2n) is 7.13. The maximum atomic E-state index is 12.6. The number of carbonyl (C=O) groups excluding carboxylic acids is 1. The molecule has 0 saturated carbocycles. The third-order valence-corrected chi connectivity index (χ3v) is 5.32. The van der Waals surface area contributed by atoms with Crippen LogP contribution in [0.2, 0.25) is 0 Å². The number of nitrogens with two attached hydrogens (primary N) is 1. The molecule has 2 heterocycles. The molecule has 2 fully saturated rings. The second kappa shape index (κ2) is 9.32. The molecule has 5 nitrogen and oxygen atoms in total. The molecule has 0 spiro atoms. The normalized spacial score (nSPS) is 22.9. The summed E-state index contributed by atoms with van der Waals surface area (Å²) in [7, 11) is 0. The average Bonchev–Trinajstić information content (AvgIpc) is 3.14. The Balaban J connectivity index is 1.35. The van der Waals surface area contributed by atoms with E-state index in [0.717, 1.165) is 58.5 Å². The molecule has 3 rings (SSSR count). The van der Waals surface area contributed by atoms with E-state index in [-0.39, 0.29) is 24.0 Å². The van der Waals surface area contributed by atoms with Gasteiger partial charge in [-0.15, -0.1) is 0 Å². The molecule has 0 aromatic heterocycles. The second-order valence-corrected chi connectivity index (χ2v) is 7.13. The molecule has 2 aliphatic rings. The summed E-state index contributed by atoms with van der Waals surface area (Å²) >= 11 is 0. The zero-order valence-corrected chi connectivity index (χ0v) is 14.9. The van der Waals surface area contributed by atoms with Crippen molar-refractivity contribution in [3.63, 3.8) is 0 Å². The van der Waals surface area contributed by atoms with Crippen LogP contribution in [0.15, 0.2) is 30.3 Å². The molecule has 2 saturated heterocycles. The number of benzene rings is 1. The van der Waals surface area contributed by atoms with E-state index < -0.39 is 0 Å². The summed E-state index contributed by atoms with van der Waals surface area (Å²) in [5, 5.41) is 0. The van der Waals surface area contributed by atoms with Crippen LogP contribution in [-0.4, -0.2) is 55.9 Å². The van der Waals surface area contributed by atoms with E-state index in [1.165, 1.54) is 5.56 Å². The molecule has 138 valence electrons. The minimum Gasteiger partial charge on any atom is -0.381 e. The molecule has 5 heteroatoms. The summed E-state index contributed by atoms with van der Waals surface area (Å²) in [6.45, 7) is 3.63. The lowest BCUT2D eigenvalue weighted by Crippen LogP contribution is -2.48. The van der Waals surface area contributed by atoms with Crippen LogP contribution in [0.3, 0.4) is 0 Å². The number of amides is 1. The summed E-state index contributed by atoms with van der Waals surface area (Å²) in [5.41, 5.74) is 7.56. The van der Waals surface area contributed by atoms with Crippen molar-refractivity contribution in [1.82, 2.24) is 4.90 Å². The third kappa shape index (κ3) is 5.27. The van der Waals surface area contributed by atoms with Gasteiger partial charge in [-0.2, -0.15) is 0 Å². The van der Waals surface area contributed by atoms with Gasteiger partial charge in [0.15, 0.2) is 0 Å². The van der Waals surface area contributed by atoms with Crippen molar-refractivity contribution >= 4 is 5.91 Å². The van der Waals surface area contributed by atoms with E-state index in [0.29, 0.717) is 6.54 Å². The zero-order chi connectivity index (χ0) is 17.5. The predicted octanol–water partition coefficient (Wildman–Crippen LogP) is 1.99. The maximum Gasteiger partial charge on any atom is 0.239 e. The first-order valence-electron chi connectivity index (χ1n) is 9.51. The highest BCUT2D eigenvalue weighted by atomic mass is 16.5. The summed E-state index contributed by atoms with van der Waals surface area (Å²) < 4.78 is 11.3. The lowest BCUT2D eigenvalue weighted by molar-refractivity contribution is -0.134. The van der Waals surface area contributed by atoms with Crippen LogP contribution in [0.1, 0.15) is 31.2 Å². The highest BCUT2D eigenvalue weighted by Crippen LogP contribution is 2.21. The molecule has 1 aromatic carbocycles. The highest BCUT2D eigenvalue weighted by Gasteiger charge is 2.33. The lowest BCUT2D eigenvalue weighted by Gasteiger charge is -2.29. The van der Waals surface area contributed by atoms with Gasteiger partial charge in [-0.1, -0.05) is 30.3 Å². The summed E-state index contributed by atoms with van der Waals surface area (Å²) in [6.07, 6.45) is 4.89. The van der Waals surface area contributed by atoms with Crippen LogP contribution in [0, 0.1) is 5.92 Å². The Morgan fingerprint density at radius 3 is 2.76 bits per heavy atom. The van der Waals surface area contributed by atoms with E-state index in [2.05, 4.69) is 24.3 Å². The van der Waals surface area contributed by atoms with Crippen molar-refractivity contribution in [2.75, 3.05) is 32.9 Å². The molecule has 0 aliphatic carbocycles. The van der Waals surface area contributed by atoms with Gasteiger partial charge in [0.1, 0.15) is 0 Å². The predicted molar refractivity (Wildman–Crippen MR) is 97.2 cm³/mol. The van der Waals surface area contributed by atoms with Crippen molar-refractivity contribution in [1.29, 1.82) is 0 Å². The van der Waals surface area contributed by atoms with Gasteiger partial charge in [0.25, 0.3) is 0 Å². The van der Waals surface area contributed by atoms with Gasteiger partial charge < -0.3 is 20.1 Å². The summed E-state index contributed by atoms with van der Waals surface area (Å²) in [4.78, 5) is 14.5. The molecular weight excluding hydrogens is 316 g/mol. The van der Waals surface area contributed by atoms with Crippen LogP contribution < -0.4 is 5.73 Å². The molecule has 25 heavy (non-hydrogen) atoms. The Morgan fingerprint density at radius 2 is 2.00 bits per heavy atom. The standard InChI is InChI=1S/C20H30N2O3/c21-19(17-9-13-24-14-10-17)20(23)22-11-8-18(15-22)25-12-4-7-16-5-2-1-3-6-16/h1-3,5-6,17-19H,4,7-15,21H2. The van der Waals surface area contributed by atoms with E-state index in [1.807, 2.05) is 11.0 Å². The summed E-state index contributed by atoms with van der Waals surface area (Å²) in [6, 6.07) is 10.1. The number of hydrogen-bond acceptors (Lipinski definition) is 4. The molecule has 0 radical (unpaired) electrons. The number of likely N-dealkylation sites (tertiary alicyclic amines) is 1. The molecule has 2 N–H and O–H groups in total. The average molecular weight is 346 g/mol. The smallest absolute Gasteiger partial charge is 0.239 e. The van der Waals surface area contributed by atoms with Crippen LogP contribution in [-0.2, 0) is 20.7 Å². The maximum absolute atomic E-state index is 12.6. The molecule has 2 unspecified atom stereocenters. The van der Waals surface area contributed by atoms with E-state index in [9.17, 15) is 4.79 Å². The first kappa shape index (κ1) is 18.4. The summed E-state index contributed by atoms with van der Waals surface area (Å²) in [5.74, 6) is 0.342. The topological polar surface area (TPSA) is 64.8 Å². The number of ether oxygens (including phenoxy) is 2. The van der Waals surface area contributed by atoms with Crippen LogP contribution in [0.25, 0.3) is 0 Å². The minimum absolute atomic E-state index is 0.0854. The van der Waals surface area contributed by atoms with Crippen molar-refractivity contribution in [3.05, 3.63) is 35.9 Å². The molecule has 0 bridgehead atoms. The first-order chi connectivity index (χ1) is 12.2. The van der Waals surface area contributed by atoms with Gasteiger partial charge in [-0.3, -0.25) is 4.79 Å². The van der Waals surface area contributed by atoms with Crippen molar-refractivity contribution in [3.8, 4) is 0 Å². The van der Waals surface area contributed by atoms with Gasteiger partial charge in [0.05, 0.1) is 12.1 Å². The Morgan fingerprint density at radius 1 is 1.24 bits per heavy atom. The van der Waals surface area contributed by atoms with E-state index in [1.54, 1.807) is 0 Å². The SMILES string of the molecule is NC(C(=O)N1CCC(OCCCc2ccccc2)C1)C1CCOCC1. The monoisotopic (exact) mass is 346 g/mol. The Labute approximate surface area is 150 Å². The Hall–Kier alpha value is -1.43. The quantitative estimate of drug-likeness (QED) is 0.767. The van der Waals surface area contributed by atoms with Gasteiger partial charge in [-0.05, 0) is 43.6 Å². The van der Waals surface area contributed by atoms with Crippen LogP contribution >= 0.6 is 0 Å². The highest BCUT2D eigenvalue weighted by molar-refractivity contribution is 5.82. The zero-order valence-electron chi connectivity index (χ0n) is 14.9. The minimum atomic E-state index is -0.388. The Bertz CT molecular complexity index is 531. The third-order valence-electron chi connectivity index (χ3n) is 5.32. The fourth-order valence-electron chi connectivity index (χ4n) is 3.72. The van der Waals surface area contributed by atoms with Gasteiger partial charge >= 0.3 is 0 Å². The number of carbonyl (C=O) groups is 1. The number of rotatable bonds is 7. The molecular formula is C20H30N2O3. The first-order valence-corrected chi connectivity index (χ1v) is 9.51. The molecule has 2 atom stereocenters. The number of hydrogen-bond donors (Lipinski definition) is 1. The van der Waals surface area contributed by atoms with Gasteiger partial charge in [0, 0.05) is 32.9 Å². The van der Waals surface area contributed by atoms with Crippen LogP contribution in [0.4, 0.5) is 0 Å². The molecule has 1 aromatic rings. The van der Waals surface area contributed by atoms with Crippen molar-refractivity contribution < 1.29 is 14.3 Å². The van der Waals surface area contributed by atoms with E-state index >= 15 is 0 Å². The van der Waals surface area contributed by atoms with Crippen LogP contribution in [0.5, 0.6) is 0 Å². The molecule has 1 amide bonds. The molecule has 2 aliphatic heterocycles. The number of nitrogens with zero attached hydrogens (tertiary/aromatic N) is 1. The lowest BCUT2D eigenvalue weighted by atomic mass is 9.91. The van der Waals surface area contributed by atoms with Gasteiger partial charge in [-0.25, -0.2) is 0 Å². The van der Waals surface area contributed by atoms with Crippen molar-refractivity contribution in [2.24, 2.45) is 11.7 Å². The number of aryl methyl sites for hydroxylation is 1. The fourth-order valence-corrected chi connectivity index (χ4v) is 3.72. The fraction of sp³-hybridized carbons (Fsp3) is 0.650. The van der Waals surface area contributed by atoms with E-state index in [4.69, 9.17) is 15.2 Å². The van der Waals surface area contributed by atoms with Gasteiger partial charge in [0.2, 0.25) is 5.91 Å². The largest absolute Gasteiger partial charge is 0.381 e.